The molecule has 0 spiro atoms. The van der Waals surface area contributed by atoms with Gasteiger partial charge >= 0.3 is 0 Å². The molecule has 1 fully saturated rings. The van der Waals surface area contributed by atoms with E-state index in [1.165, 1.54) is 16.7 Å². The predicted octanol–water partition coefficient (Wildman–Crippen LogP) is 2.31. The van der Waals surface area contributed by atoms with E-state index in [9.17, 15) is 16.8 Å². The number of thiazole rings is 1. The lowest BCUT2D eigenvalue weighted by Crippen LogP contribution is -2.32. The van der Waals surface area contributed by atoms with Gasteiger partial charge in [0.15, 0.2) is 0 Å². The summed E-state index contributed by atoms with van der Waals surface area (Å²) in [6, 6.07) is 5.27. The van der Waals surface area contributed by atoms with E-state index in [-0.39, 0.29) is 22.4 Å². The Balaban J connectivity index is 1.70. The zero-order chi connectivity index (χ0) is 17.7. The van der Waals surface area contributed by atoms with E-state index in [2.05, 4.69) is 10.3 Å². The number of benzene rings is 1. The van der Waals surface area contributed by atoms with Crippen LogP contribution in [0.25, 0.3) is 5.57 Å². The summed E-state index contributed by atoms with van der Waals surface area (Å²) in [6.45, 7) is 0. The van der Waals surface area contributed by atoms with Crippen molar-refractivity contribution in [2.45, 2.75) is 23.8 Å². The smallest absolute Gasteiger partial charge is 0.203 e. The summed E-state index contributed by atoms with van der Waals surface area (Å²) in [4.78, 5) is 4.48. The van der Waals surface area contributed by atoms with E-state index in [0.29, 0.717) is 35.4 Å². The third kappa shape index (κ3) is 3.11. The molecule has 2 aromatic rings. The van der Waals surface area contributed by atoms with Gasteiger partial charge in [-0.25, -0.2) is 21.8 Å². The number of rotatable bonds is 3. The van der Waals surface area contributed by atoms with Gasteiger partial charge in [0.25, 0.3) is 0 Å². The van der Waals surface area contributed by atoms with Gasteiger partial charge in [-0.15, -0.1) is 11.3 Å². The number of fused-ring (bicyclic) bond motifs is 1. The minimum absolute atomic E-state index is 0.0476. The lowest BCUT2D eigenvalue weighted by Gasteiger charge is -2.25. The zero-order valence-corrected chi connectivity index (χ0v) is 15.6. The van der Waals surface area contributed by atoms with E-state index >= 15 is 0 Å². The van der Waals surface area contributed by atoms with Gasteiger partial charge in [-0.1, -0.05) is 12.1 Å². The predicted molar refractivity (Wildman–Crippen MR) is 98.1 cm³/mol. The van der Waals surface area contributed by atoms with Gasteiger partial charge in [0.1, 0.15) is 14.7 Å². The van der Waals surface area contributed by atoms with Crippen molar-refractivity contribution in [1.29, 1.82) is 0 Å². The molecule has 0 amide bonds. The summed E-state index contributed by atoms with van der Waals surface area (Å²) in [7, 11) is -6.52. The van der Waals surface area contributed by atoms with Crippen molar-refractivity contribution in [3.05, 3.63) is 45.8 Å². The van der Waals surface area contributed by atoms with E-state index in [4.69, 9.17) is 0 Å². The summed E-state index contributed by atoms with van der Waals surface area (Å²) in [5.74, 6) is 0.267. The van der Waals surface area contributed by atoms with Crippen LogP contribution in [0.4, 0.5) is 5.69 Å². The van der Waals surface area contributed by atoms with Crippen LogP contribution in [-0.4, -0.2) is 39.4 Å². The number of sulfone groups is 2. The van der Waals surface area contributed by atoms with Gasteiger partial charge in [0.2, 0.25) is 9.84 Å². The molecule has 0 bridgehead atoms. The molecule has 0 radical (unpaired) electrons. The fourth-order valence-corrected chi connectivity index (χ4v) is 6.88. The van der Waals surface area contributed by atoms with Crippen LogP contribution >= 0.6 is 11.3 Å². The Hall–Kier alpha value is -1.71. The second kappa shape index (κ2) is 5.93. The first-order valence-corrected chi connectivity index (χ1v) is 12.1. The molecule has 4 rings (SSSR count). The molecule has 9 heteroatoms. The largest absolute Gasteiger partial charge is 0.381 e. The topological polar surface area (TPSA) is 93.2 Å². The summed E-state index contributed by atoms with van der Waals surface area (Å²) in [5.41, 5.74) is 4.09. The van der Waals surface area contributed by atoms with E-state index in [1.54, 1.807) is 17.6 Å². The molecule has 2 aliphatic heterocycles. The Kier molecular flexibility index (Phi) is 3.97. The highest BCUT2D eigenvalue weighted by atomic mass is 32.2. The zero-order valence-electron chi connectivity index (χ0n) is 13.2. The third-order valence-corrected chi connectivity index (χ3v) is 8.34. The van der Waals surface area contributed by atoms with Gasteiger partial charge in [-0.3, -0.25) is 0 Å². The molecule has 1 aromatic heterocycles. The number of nitrogens with zero attached hydrogens (tertiary/aromatic N) is 1. The summed E-state index contributed by atoms with van der Waals surface area (Å²) in [5, 5.41) is 6.33. The molecule has 0 saturated carbocycles. The highest BCUT2D eigenvalue weighted by molar-refractivity contribution is 7.95. The van der Waals surface area contributed by atoms with Crippen LogP contribution in [0.1, 0.15) is 24.1 Å². The molecule has 6 nitrogen and oxygen atoms in total. The molecule has 132 valence electrons. The van der Waals surface area contributed by atoms with Crippen molar-refractivity contribution in [3.8, 4) is 0 Å². The second-order valence-electron chi connectivity index (χ2n) is 6.20. The number of anilines is 1. The number of hydrogen-bond acceptors (Lipinski definition) is 7. The minimum Gasteiger partial charge on any atom is -0.381 e. The molecule has 1 saturated heterocycles. The fraction of sp³-hybridized carbons (Fsp3) is 0.312. The Labute approximate surface area is 150 Å². The quantitative estimate of drug-likeness (QED) is 0.856. The molecular weight excluding hydrogens is 380 g/mol. The lowest BCUT2D eigenvalue weighted by atomic mass is 10.0. The van der Waals surface area contributed by atoms with E-state index in [1.807, 2.05) is 11.4 Å². The molecule has 0 atom stereocenters. The number of hydrogen-bond donors (Lipinski definition) is 1. The van der Waals surface area contributed by atoms with Crippen molar-refractivity contribution >= 4 is 42.3 Å². The number of aromatic nitrogens is 1. The van der Waals surface area contributed by atoms with Crippen LogP contribution in [0, 0.1) is 0 Å². The molecule has 0 aliphatic carbocycles. The maximum Gasteiger partial charge on any atom is 0.203 e. The highest BCUT2D eigenvalue weighted by Crippen LogP contribution is 2.41. The molecular formula is C16H16N2O4S3. The summed E-state index contributed by atoms with van der Waals surface area (Å²) in [6.07, 6.45) is 0.969. The average molecular weight is 397 g/mol. The van der Waals surface area contributed by atoms with Crippen LogP contribution in [0.3, 0.4) is 0 Å². The molecule has 3 heterocycles. The highest BCUT2D eigenvalue weighted by Gasteiger charge is 2.32. The van der Waals surface area contributed by atoms with Gasteiger partial charge < -0.3 is 5.32 Å². The van der Waals surface area contributed by atoms with Gasteiger partial charge in [0.05, 0.1) is 28.4 Å². The van der Waals surface area contributed by atoms with Crippen molar-refractivity contribution in [2.24, 2.45) is 0 Å². The molecule has 0 unspecified atom stereocenters. The van der Waals surface area contributed by atoms with Crippen molar-refractivity contribution < 1.29 is 16.8 Å². The second-order valence-corrected chi connectivity index (χ2v) is 11.0. The standard InChI is InChI=1S/C16H16N2O4S3/c19-24(20)6-4-11(5-7-24)18-14-3-1-2-12-13(15-8-23-10-17-15)9-25(21,22)16(12)14/h1-3,8-11,18H,4-7H2. The Morgan fingerprint density at radius 1 is 1.12 bits per heavy atom. The van der Waals surface area contributed by atoms with Crippen molar-refractivity contribution in [3.63, 3.8) is 0 Å². The Morgan fingerprint density at radius 3 is 2.56 bits per heavy atom. The molecule has 1 aromatic carbocycles. The van der Waals surface area contributed by atoms with Gasteiger partial charge in [-0.05, 0) is 18.9 Å². The van der Waals surface area contributed by atoms with Crippen LogP contribution in [0.15, 0.2) is 39.4 Å². The van der Waals surface area contributed by atoms with E-state index < -0.39 is 19.7 Å². The number of nitrogens with one attached hydrogen (secondary N) is 1. The molecule has 25 heavy (non-hydrogen) atoms. The summed E-state index contributed by atoms with van der Waals surface area (Å²) >= 11 is 1.41. The Morgan fingerprint density at radius 2 is 1.88 bits per heavy atom. The fourth-order valence-electron chi connectivity index (χ4n) is 3.25. The minimum atomic E-state index is -3.56. The first-order chi connectivity index (χ1) is 11.9. The van der Waals surface area contributed by atoms with Crippen LogP contribution in [0.5, 0.6) is 0 Å². The van der Waals surface area contributed by atoms with Crippen LogP contribution in [0.2, 0.25) is 0 Å². The maximum atomic E-state index is 12.7. The van der Waals surface area contributed by atoms with Crippen molar-refractivity contribution in [1.82, 2.24) is 4.98 Å². The monoisotopic (exact) mass is 396 g/mol. The first kappa shape index (κ1) is 16.7. The van der Waals surface area contributed by atoms with Crippen molar-refractivity contribution in [2.75, 3.05) is 16.8 Å². The third-order valence-electron chi connectivity index (χ3n) is 4.49. The summed E-state index contributed by atoms with van der Waals surface area (Å²) < 4.78 is 48.5. The molecule has 2 aliphatic rings. The van der Waals surface area contributed by atoms with Gasteiger partial charge in [0, 0.05) is 28.0 Å². The Bertz CT molecular complexity index is 1040. The normalized spacial score (nSPS) is 21.5. The van der Waals surface area contributed by atoms with E-state index in [0.717, 1.165) is 0 Å². The lowest BCUT2D eigenvalue weighted by molar-refractivity contribution is 0.559. The van der Waals surface area contributed by atoms with Crippen LogP contribution in [-0.2, 0) is 19.7 Å². The molecule has 1 N–H and O–H groups in total. The maximum absolute atomic E-state index is 12.7. The first-order valence-electron chi connectivity index (χ1n) is 7.81. The average Bonchev–Trinajstić information content (AvgIpc) is 3.16. The van der Waals surface area contributed by atoms with Gasteiger partial charge in [-0.2, -0.15) is 0 Å². The van der Waals surface area contributed by atoms with Crippen LogP contribution < -0.4 is 5.32 Å². The SMILES string of the molecule is O=S1(=O)CCC(Nc2cccc3c2S(=O)(=O)C=C3c2cscn2)CC1.